The molecule has 0 aromatic heterocycles. The molecule has 2 aromatic rings. The lowest BCUT2D eigenvalue weighted by molar-refractivity contribution is 0.0856. The minimum Gasteiger partial charge on any atom is -0.369 e. The van der Waals surface area contributed by atoms with Crippen LogP contribution in [-0.2, 0) is 10.0 Å². The molecule has 1 aliphatic rings. The van der Waals surface area contributed by atoms with Gasteiger partial charge in [-0.3, -0.25) is 10.2 Å². The molecule has 3 rings (SSSR count). The lowest BCUT2D eigenvalue weighted by atomic mass is 10.2. The van der Waals surface area contributed by atoms with E-state index in [0.29, 0.717) is 31.7 Å². The van der Waals surface area contributed by atoms with Gasteiger partial charge in [0.15, 0.2) is 0 Å². The first kappa shape index (κ1) is 19.3. The maximum atomic E-state index is 13.0. The highest BCUT2D eigenvalue weighted by molar-refractivity contribution is 7.89. The van der Waals surface area contributed by atoms with Crippen molar-refractivity contribution in [3.63, 3.8) is 0 Å². The minimum atomic E-state index is -3.64. The Kier molecular flexibility index (Phi) is 5.79. The number of anilines is 1. The van der Waals surface area contributed by atoms with Gasteiger partial charge in [0.25, 0.3) is 5.91 Å². The highest BCUT2D eigenvalue weighted by Gasteiger charge is 2.29. The summed E-state index contributed by atoms with van der Waals surface area (Å²) >= 11 is 0. The fraction of sp³-hybridized carbons (Fsp3) is 0.316. The van der Waals surface area contributed by atoms with E-state index < -0.39 is 10.0 Å². The van der Waals surface area contributed by atoms with E-state index in [9.17, 15) is 13.2 Å². The number of rotatable bonds is 5. The molecule has 1 N–H and O–H groups in total. The van der Waals surface area contributed by atoms with E-state index in [1.165, 1.54) is 21.4 Å². The van der Waals surface area contributed by atoms with Crippen molar-refractivity contribution in [3.05, 3.63) is 60.2 Å². The molecule has 7 nitrogen and oxygen atoms in total. The number of carbonyl (C=O) groups is 1. The van der Waals surface area contributed by atoms with Gasteiger partial charge in [0.1, 0.15) is 0 Å². The summed E-state index contributed by atoms with van der Waals surface area (Å²) in [6, 6.07) is 16.1. The summed E-state index contributed by atoms with van der Waals surface area (Å²) in [7, 11) is -0.241. The Morgan fingerprint density at radius 3 is 2.26 bits per heavy atom. The van der Waals surface area contributed by atoms with Gasteiger partial charge < -0.3 is 4.90 Å². The Labute approximate surface area is 160 Å². The van der Waals surface area contributed by atoms with Gasteiger partial charge in [0, 0.05) is 51.5 Å². The van der Waals surface area contributed by atoms with Crippen molar-refractivity contribution >= 4 is 21.6 Å². The smallest absolute Gasteiger partial charge is 0.265 e. The number of sulfonamides is 1. The van der Waals surface area contributed by atoms with E-state index in [-0.39, 0.29) is 10.8 Å². The van der Waals surface area contributed by atoms with Gasteiger partial charge in [0.05, 0.1) is 4.90 Å². The number of piperazine rings is 1. The second kappa shape index (κ2) is 8.08. The topological polar surface area (TPSA) is 73.0 Å². The molecule has 0 unspecified atom stereocenters. The summed E-state index contributed by atoms with van der Waals surface area (Å²) in [5.74, 6) is -0.342. The minimum absolute atomic E-state index is 0.141. The molecule has 1 amide bonds. The molecule has 1 aliphatic heterocycles. The van der Waals surface area contributed by atoms with Crippen LogP contribution in [0.2, 0.25) is 0 Å². The Hall–Kier alpha value is -2.42. The summed E-state index contributed by atoms with van der Waals surface area (Å²) in [5, 5.41) is 1.52. The van der Waals surface area contributed by atoms with E-state index in [2.05, 4.69) is 10.3 Å². The van der Waals surface area contributed by atoms with Crippen LogP contribution in [-0.4, -0.2) is 63.9 Å². The molecule has 0 bridgehead atoms. The van der Waals surface area contributed by atoms with Crippen molar-refractivity contribution in [1.29, 1.82) is 0 Å². The summed E-state index contributed by atoms with van der Waals surface area (Å²) in [6.45, 7) is 2.07. The molecular weight excluding hydrogens is 364 g/mol. The van der Waals surface area contributed by atoms with E-state index in [1.807, 2.05) is 30.3 Å². The van der Waals surface area contributed by atoms with Crippen molar-refractivity contribution in [3.8, 4) is 0 Å². The van der Waals surface area contributed by atoms with E-state index in [1.54, 1.807) is 26.2 Å². The number of hydrazine groups is 1. The fourth-order valence-electron chi connectivity index (χ4n) is 3.04. The Morgan fingerprint density at radius 1 is 0.963 bits per heavy atom. The maximum Gasteiger partial charge on any atom is 0.265 e. The van der Waals surface area contributed by atoms with Crippen molar-refractivity contribution in [2.24, 2.45) is 0 Å². The zero-order chi connectivity index (χ0) is 19.4. The Morgan fingerprint density at radius 2 is 1.63 bits per heavy atom. The van der Waals surface area contributed by atoms with Crippen molar-refractivity contribution in [1.82, 2.24) is 14.7 Å². The zero-order valence-electron chi connectivity index (χ0n) is 15.5. The van der Waals surface area contributed by atoms with E-state index >= 15 is 0 Å². The third kappa shape index (κ3) is 4.47. The summed E-state index contributed by atoms with van der Waals surface area (Å²) in [5.41, 5.74) is 4.03. The third-order valence-corrected chi connectivity index (χ3v) is 6.31. The normalized spacial score (nSPS) is 15.7. The lowest BCUT2D eigenvalue weighted by Crippen LogP contribution is -2.48. The number of carbonyl (C=O) groups excluding carboxylic acids is 1. The number of nitrogens with zero attached hydrogens (tertiary/aromatic N) is 3. The first-order chi connectivity index (χ1) is 12.9. The summed E-state index contributed by atoms with van der Waals surface area (Å²) in [4.78, 5) is 14.5. The molecule has 0 atom stereocenters. The quantitative estimate of drug-likeness (QED) is 0.784. The van der Waals surface area contributed by atoms with Gasteiger partial charge in [-0.05, 0) is 30.3 Å². The lowest BCUT2D eigenvalue weighted by Gasteiger charge is -2.35. The number of hydrogen-bond donors (Lipinski definition) is 1. The van der Waals surface area contributed by atoms with Crippen LogP contribution < -0.4 is 10.3 Å². The number of benzene rings is 2. The maximum absolute atomic E-state index is 13.0. The number of para-hydroxylation sites is 1. The molecule has 27 heavy (non-hydrogen) atoms. The second-order valence-electron chi connectivity index (χ2n) is 6.59. The predicted octanol–water partition coefficient (Wildman–Crippen LogP) is 1.40. The standard InChI is InChI=1S/C19H24N4O3S/c1-21(2)20-19(24)16-7-6-10-18(15-16)27(25,26)23-13-11-22(12-14-23)17-8-4-3-5-9-17/h3-10,15H,11-14H2,1-2H3,(H,20,24). The Bertz CT molecular complexity index is 892. The van der Waals surface area contributed by atoms with Crippen LogP contribution >= 0.6 is 0 Å². The number of nitrogens with one attached hydrogen (secondary N) is 1. The van der Waals surface area contributed by atoms with Crippen LogP contribution in [0.15, 0.2) is 59.5 Å². The molecule has 144 valence electrons. The zero-order valence-corrected chi connectivity index (χ0v) is 16.3. The van der Waals surface area contributed by atoms with Crippen molar-refractivity contribution in [2.45, 2.75) is 4.90 Å². The molecule has 1 heterocycles. The molecule has 2 aromatic carbocycles. The van der Waals surface area contributed by atoms with Crippen LogP contribution in [0.5, 0.6) is 0 Å². The van der Waals surface area contributed by atoms with Crippen molar-refractivity contribution in [2.75, 3.05) is 45.2 Å². The highest BCUT2D eigenvalue weighted by atomic mass is 32.2. The molecule has 1 fully saturated rings. The summed E-state index contributed by atoms with van der Waals surface area (Å²) in [6.07, 6.45) is 0. The van der Waals surface area contributed by atoms with Crippen LogP contribution in [0, 0.1) is 0 Å². The van der Waals surface area contributed by atoms with Gasteiger partial charge in [-0.25, -0.2) is 13.4 Å². The van der Waals surface area contributed by atoms with Crippen LogP contribution in [0.1, 0.15) is 10.4 Å². The average Bonchev–Trinajstić information content (AvgIpc) is 2.68. The first-order valence-electron chi connectivity index (χ1n) is 8.76. The molecule has 0 spiro atoms. The van der Waals surface area contributed by atoms with E-state index in [0.717, 1.165) is 5.69 Å². The average molecular weight is 388 g/mol. The van der Waals surface area contributed by atoms with Crippen molar-refractivity contribution < 1.29 is 13.2 Å². The SMILES string of the molecule is CN(C)NC(=O)c1cccc(S(=O)(=O)N2CCN(c3ccccc3)CC2)c1. The molecule has 8 heteroatoms. The van der Waals surface area contributed by atoms with Gasteiger partial charge in [0.2, 0.25) is 10.0 Å². The summed E-state index contributed by atoms with van der Waals surface area (Å²) < 4.78 is 27.5. The van der Waals surface area contributed by atoms with Gasteiger partial charge in [-0.15, -0.1) is 0 Å². The van der Waals surface area contributed by atoms with E-state index in [4.69, 9.17) is 0 Å². The molecule has 0 radical (unpaired) electrons. The predicted molar refractivity (Wildman–Crippen MR) is 105 cm³/mol. The second-order valence-corrected chi connectivity index (χ2v) is 8.53. The molecular formula is C19H24N4O3S. The number of amides is 1. The first-order valence-corrected chi connectivity index (χ1v) is 10.2. The molecule has 1 saturated heterocycles. The highest BCUT2D eigenvalue weighted by Crippen LogP contribution is 2.21. The van der Waals surface area contributed by atoms with Crippen LogP contribution in [0.3, 0.4) is 0 Å². The van der Waals surface area contributed by atoms with Crippen LogP contribution in [0.25, 0.3) is 0 Å². The monoisotopic (exact) mass is 388 g/mol. The van der Waals surface area contributed by atoms with Gasteiger partial charge in [-0.1, -0.05) is 24.3 Å². The van der Waals surface area contributed by atoms with Gasteiger partial charge in [-0.2, -0.15) is 4.31 Å². The largest absolute Gasteiger partial charge is 0.369 e. The molecule has 0 aliphatic carbocycles. The fourth-order valence-corrected chi connectivity index (χ4v) is 4.51. The Balaban J connectivity index is 1.73. The number of hydrogen-bond acceptors (Lipinski definition) is 5. The third-order valence-electron chi connectivity index (χ3n) is 4.42. The van der Waals surface area contributed by atoms with Crippen LogP contribution in [0.4, 0.5) is 5.69 Å². The van der Waals surface area contributed by atoms with Gasteiger partial charge >= 0.3 is 0 Å². The molecule has 0 saturated carbocycles.